The van der Waals surface area contributed by atoms with Gasteiger partial charge in [0, 0.05) is 32.5 Å². The number of pyridine rings is 2. The Bertz CT molecular complexity index is 1390. The van der Waals surface area contributed by atoms with Crippen molar-refractivity contribution in [2.24, 2.45) is 5.41 Å². The van der Waals surface area contributed by atoms with Gasteiger partial charge in [-0.15, -0.1) is 70.8 Å². The molecule has 1 radical (unpaired) electrons. The Balaban J connectivity index is 0.000000239. The minimum atomic E-state index is 0. The maximum absolute atomic E-state index is 4.56. The van der Waals surface area contributed by atoms with Crippen LogP contribution in [0.5, 0.6) is 0 Å². The molecular weight excluding hydrogens is 653 g/mol. The Morgan fingerprint density at radius 1 is 0.667 bits per heavy atom. The van der Waals surface area contributed by atoms with Crippen LogP contribution < -0.4 is 0 Å². The van der Waals surface area contributed by atoms with E-state index in [0.717, 1.165) is 35.4 Å². The fraction of sp³-hybridized carbons (Fsp3) is 0.222. The molecule has 0 spiro atoms. The average molecular weight is 689 g/mol. The Labute approximate surface area is 248 Å². The van der Waals surface area contributed by atoms with Crippen LogP contribution in [0.15, 0.2) is 103 Å². The maximum Gasteiger partial charge on any atom is 0.0190 e. The third kappa shape index (κ3) is 9.70. The molecule has 0 aliphatic rings. The number of hydrogen-bond donors (Lipinski definition) is 0. The Morgan fingerprint density at radius 2 is 1.44 bits per heavy atom. The van der Waals surface area contributed by atoms with Gasteiger partial charge in [0.1, 0.15) is 0 Å². The molecule has 39 heavy (non-hydrogen) atoms. The van der Waals surface area contributed by atoms with Crippen molar-refractivity contribution in [1.29, 1.82) is 0 Å². The fourth-order valence-corrected chi connectivity index (χ4v) is 4.24. The zero-order valence-corrected chi connectivity index (χ0v) is 25.9. The van der Waals surface area contributed by atoms with E-state index >= 15 is 0 Å². The molecule has 0 aliphatic heterocycles. The Hall–Kier alpha value is -3.39. The normalized spacial score (nSPS) is 10.7. The summed E-state index contributed by atoms with van der Waals surface area (Å²) in [6.07, 6.45) is 5.77. The van der Waals surface area contributed by atoms with Gasteiger partial charge in [0.2, 0.25) is 0 Å². The van der Waals surface area contributed by atoms with E-state index in [-0.39, 0.29) is 25.5 Å². The molecule has 0 amide bonds. The predicted molar refractivity (Wildman–Crippen MR) is 159 cm³/mol. The molecule has 0 saturated carbocycles. The van der Waals surface area contributed by atoms with Gasteiger partial charge in [-0.3, -0.25) is 0 Å². The van der Waals surface area contributed by atoms with E-state index in [1.807, 2.05) is 43.6 Å². The number of aryl methyl sites for hydroxylation is 2. The van der Waals surface area contributed by atoms with Crippen LogP contribution in [0.25, 0.3) is 22.5 Å². The van der Waals surface area contributed by atoms with E-state index in [1.165, 1.54) is 27.8 Å². The van der Waals surface area contributed by atoms with Gasteiger partial charge in [-0.05, 0) is 53.8 Å². The SMILES string of the molecule is CC(C)(C)Cc1ccnc(-c2[c-]ccc(Cc3ccccc3)c2)c1.Cc1c[c-]c(-c2ccc(C)cn2)cc1.[Ir]. The second-order valence-corrected chi connectivity index (χ2v) is 11.1. The maximum atomic E-state index is 4.56. The minimum Gasteiger partial charge on any atom is -0.305 e. The molecule has 5 aromatic rings. The number of rotatable bonds is 5. The first-order chi connectivity index (χ1) is 18.2. The van der Waals surface area contributed by atoms with Crippen LogP contribution in [0.1, 0.15) is 48.6 Å². The number of nitrogens with zero attached hydrogens (tertiary/aromatic N) is 2. The first-order valence-electron chi connectivity index (χ1n) is 13.2. The monoisotopic (exact) mass is 689 g/mol. The van der Waals surface area contributed by atoms with Gasteiger partial charge in [0.25, 0.3) is 0 Å². The molecule has 0 N–H and O–H groups in total. The molecule has 0 aliphatic carbocycles. The molecule has 201 valence electrons. The standard InChI is InChI=1S/C23H24N.C13H12N.Ir/c1-23(2,3)17-20-12-13-24-22(16-20)21-11-7-10-19(15-21)14-18-8-5-4-6-9-18;1-10-3-6-12(7-4-10)13-8-5-11(2)9-14-13;/h4-10,12-13,15-16H,14,17H2,1-3H3;3-6,8-9H,1-2H3;/q2*-1;. The summed E-state index contributed by atoms with van der Waals surface area (Å²) >= 11 is 0. The molecule has 5 rings (SSSR count). The van der Waals surface area contributed by atoms with E-state index < -0.39 is 0 Å². The van der Waals surface area contributed by atoms with Crippen molar-refractivity contribution < 1.29 is 20.1 Å². The number of benzene rings is 3. The van der Waals surface area contributed by atoms with Crippen molar-refractivity contribution in [3.8, 4) is 22.5 Å². The molecule has 0 saturated heterocycles. The van der Waals surface area contributed by atoms with Gasteiger partial charge in [0.15, 0.2) is 0 Å². The molecule has 3 heteroatoms. The smallest absolute Gasteiger partial charge is 0.0190 e. The van der Waals surface area contributed by atoms with Gasteiger partial charge in [0.05, 0.1) is 0 Å². The molecule has 0 unspecified atom stereocenters. The van der Waals surface area contributed by atoms with Crippen molar-refractivity contribution in [3.63, 3.8) is 0 Å². The summed E-state index contributed by atoms with van der Waals surface area (Å²) in [6, 6.07) is 38.0. The van der Waals surface area contributed by atoms with E-state index in [4.69, 9.17) is 0 Å². The zero-order chi connectivity index (χ0) is 27.0. The number of hydrogen-bond acceptors (Lipinski definition) is 2. The van der Waals surface area contributed by atoms with Gasteiger partial charge >= 0.3 is 0 Å². The van der Waals surface area contributed by atoms with Crippen molar-refractivity contribution in [3.05, 3.63) is 143 Å². The molecule has 0 fully saturated rings. The minimum absolute atomic E-state index is 0. The van der Waals surface area contributed by atoms with Gasteiger partial charge < -0.3 is 9.97 Å². The average Bonchev–Trinajstić information content (AvgIpc) is 2.90. The Kier molecular flexibility index (Phi) is 10.9. The van der Waals surface area contributed by atoms with E-state index in [2.05, 4.69) is 117 Å². The predicted octanol–water partition coefficient (Wildman–Crippen LogP) is 8.89. The third-order valence-electron chi connectivity index (χ3n) is 6.11. The summed E-state index contributed by atoms with van der Waals surface area (Å²) in [7, 11) is 0. The van der Waals surface area contributed by atoms with Gasteiger partial charge in [-0.25, -0.2) is 0 Å². The second-order valence-electron chi connectivity index (χ2n) is 11.1. The summed E-state index contributed by atoms with van der Waals surface area (Å²) in [5.74, 6) is 0. The zero-order valence-electron chi connectivity index (χ0n) is 23.5. The molecule has 3 aromatic carbocycles. The van der Waals surface area contributed by atoms with Gasteiger partial charge in [-0.1, -0.05) is 81.8 Å². The largest absolute Gasteiger partial charge is 0.305 e. The van der Waals surface area contributed by atoms with Crippen LogP contribution in [-0.4, -0.2) is 9.97 Å². The molecule has 2 nitrogen and oxygen atoms in total. The quantitative estimate of drug-likeness (QED) is 0.173. The summed E-state index contributed by atoms with van der Waals surface area (Å²) in [6.45, 7) is 10.9. The molecule has 0 atom stereocenters. The third-order valence-corrected chi connectivity index (χ3v) is 6.11. The fourth-order valence-electron chi connectivity index (χ4n) is 4.24. The summed E-state index contributed by atoms with van der Waals surface area (Å²) in [5.41, 5.74) is 10.7. The summed E-state index contributed by atoms with van der Waals surface area (Å²) in [5, 5.41) is 0. The first kappa shape index (κ1) is 30.2. The van der Waals surface area contributed by atoms with Crippen LogP contribution in [0.2, 0.25) is 0 Å². The topological polar surface area (TPSA) is 25.8 Å². The van der Waals surface area contributed by atoms with Crippen molar-refractivity contribution in [2.45, 2.75) is 47.5 Å². The van der Waals surface area contributed by atoms with Crippen molar-refractivity contribution >= 4 is 0 Å². The van der Waals surface area contributed by atoms with Gasteiger partial charge in [-0.2, -0.15) is 0 Å². The molecular formula is C36H36IrN2-2. The second kappa shape index (κ2) is 14.1. The van der Waals surface area contributed by atoms with Crippen molar-refractivity contribution in [2.75, 3.05) is 0 Å². The molecule has 0 bridgehead atoms. The van der Waals surface area contributed by atoms with E-state index in [0.29, 0.717) is 0 Å². The van der Waals surface area contributed by atoms with Crippen LogP contribution in [-0.2, 0) is 32.9 Å². The van der Waals surface area contributed by atoms with Crippen molar-refractivity contribution in [1.82, 2.24) is 9.97 Å². The first-order valence-corrected chi connectivity index (χ1v) is 13.2. The summed E-state index contributed by atoms with van der Waals surface area (Å²) in [4.78, 5) is 8.90. The van der Waals surface area contributed by atoms with E-state index in [1.54, 1.807) is 0 Å². The molecule has 2 aromatic heterocycles. The van der Waals surface area contributed by atoms with E-state index in [9.17, 15) is 0 Å². The Morgan fingerprint density at radius 3 is 2.10 bits per heavy atom. The van der Waals surface area contributed by atoms with Crippen LogP contribution >= 0.6 is 0 Å². The molecule has 2 heterocycles. The number of aromatic nitrogens is 2. The summed E-state index contributed by atoms with van der Waals surface area (Å²) < 4.78 is 0. The van der Waals surface area contributed by atoms with Crippen LogP contribution in [0, 0.1) is 31.4 Å². The van der Waals surface area contributed by atoms with Crippen LogP contribution in [0.4, 0.5) is 0 Å². The van der Waals surface area contributed by atoms with Crippen LogP contribution in [0.3, 0.4) is 0 Å².